The van der Waals surface area contributed by atoms with Gasteiger partial charge in [0.2, 0.25) is 5.91 Å². The van der Waals surface area contributed by atoms with E-state index in [2.05, 4.69) is 72.3 Å². The van der Waals surface area contributed by atoms with Crippen LogP contribution in [-0.4, -0.2) is 99.4 Å². The number of aryl methyl sites for hydroxylation is 1. The number of nitrogens with one attached hydrogen (secondary N) is 3. The summed E-state index contributed by atoms with van der Waals surface area (Å²) in [7, 11) is 0. The highest BCUT2D eigenvalue weighted by Gasteiger charge is 2.45. The average molecular weight is 776 g/mol. The summed E-state index contributed by atoms with van der Waals surface area (Å²) in [5.74, 6) is 0.365. The molecule has 0 spiro atoms. The summed E-state index contributed by atoms with van der Waals surface area (Å²) in [6.45, 7) is 9.62. The van der Waals surface area contributed by atoms with E-state index in [4.69, 9.17) is 9.72 Å². The van der Waals surface area contributed by atoms with E-state index in [9.17, 15) is 14.4 Å². The maximum absolute atomic E-state index is 13.4. The van der Waals surface area contributed by atoms with Crippen LogP contribution in [0.5, 0.6) is 5.75 Å². The lowest BCUT2D eigenvalue weighted by molar-refractivity contribution is -0.125. The maximum atomic E-state index is 13.4. The fraction of sp³-hybridized carbons (Fsp3) is 0.289. The zero-order valence-electron chi connectivity index (χ0n) is 32.2. The minimum absolute atomic E-state index is 0.306. The number of pyridine rings is 3. The van der Waals surface area contributed by atoms with Gasteiger partial charge in [-0.2, -0.15) is 0 Å². The van der Waals surface area contributed by atoms with Crippen LogP contribution < -0.4 is 20.3 Å². The van der Waals surface area contributed by atoms with Gasteiger partial charge in [-0.15, -0.1) is 0 Å². The number of rotatable bonds is 13. The van der Waals surface area contributed by atoms with Crippen molar-refractivity contribution in [3.63, 3.8) is 0 Å². The van der Waals surface area contributed by atoms with Crippen LogP contribution in [0.1, 0.15) is 52.1 Å². The normalized spacial score (nSPS) is 17.3. The second kappa shape index (κ2) is 16.1. The third-order valence-electron chi connectivity index (χ3n) is 11.4. The number of piperazine rings is 1. The van der Waals surface area contributed by atoms with Crippen molar-refractivity contribution in [1.82, 2.24) is 35.1 Å². The topological polar surface area (TPSA) is 149 Å². The van der Waals surface area contributed by atoms with Crippen molar-refractivity contribution in [1.29, 1.82) is 0 Å². The maximum Gasteiger partial charge on any atom is 0.264 e. The number of carbonyl (C=O) groups is 3. The van der Waals surface area contributed by atoms with E-state index < -0.39 is 17.9 Å². The Kier molecular flexibility index (Phi) is 10.3. The molecule has 1 atom stereocenters. The summed E-state index contributed by atoms with van der Waals surface area (Å²) in [6.07, 6.45) is 11.0. The SMILES string of the molecule is C=C1CCC(N2C(=O)c3cccc(NCCCOc4ccc(N5CCN(CCCc6ccc(-c7ccc8c(c7)[nH]c7ccncc78)cn6)CC5)nc4)c3C2=O)C(=O)N1. The summed E-state index contributed by atoms with van der Waals surface area (Å²) < 4.78 is 5.97. The van der Waals surface area contributed by atoms with Crippen molar-refractivity contribution in [2.75, 3.05) is 56.1 Å². The van der Waals surface area contributed by atoms with Gasteiger partial charge in [-0.05, 0) is 86.7 Å². The fourth-order valence-corrected chi connectivity index (χ4v) is 8.23. The van der Waals surface area contributed by atoms with E-state index in [0.717, 1.165) is 89.5 Å². The predicted molar refractivity (Wildman–Crippen MR) is 224 cm³/mol. The first-order valence-corrected chi connectivity index (χ1v) is 20.0. The number of allylic oxidation sites excluding steroid dienone is 1. The minimum atomic E-state index is -0.841. The number of aromatic amines is 1. The monoisotopic (exact) mass is 775 g/mol. The number of hydrogen-bond donors (Lipinski definition) is 3. The molecule has 13 nitrogen and oxygen atoms in total. The highest BCUT2D eigenvalue weighted by atomic mass is 16.5. The van der Waals surface area contributed by atoms with Crippen LogP contribution in [0.3, 0.4) is 0 Å². The molecule has 3 aliphatic heterocycles. The molecule has 3 amide bonds. The molecule has 6 aromatic rings. The smallest absolute Gasteiger partial charge is 0.264 e. The molecule has 1 unspecified atom stereocenters. The third kappa shape index (κ3) is 7.48. The fourth-order valence-electron chi connectivity index (χ4n) is 8.23. The first kappa shape index (κ1) is 37.0. The molecule has 2 aromatic carbocycles. The molecule has 3 aliphatic rings. The Morgan fingerprint density at radius 3 is 2.53 bits per heavy atom. The summed E-state index contributed by atoms with van der Waals surface area (Å²) in [4.78, 5) is 62.3. The molecule has 13 heteroatoms. The van der Waals surface area contributed by atoms with E-state index in [1.807, 2.05) is 36.8 Å². The molecule has 2 fully saturated rings. The summed E-state index contributed by atoms with van der Waals surface area (Å²) in [5.41, 5.74) is 7.35. The van der Waals surface area contributed by atoms with Crippen LogP contribution in [0.25, 0.3) is 32.9 Å². The van der Waals surface area contributed by atoms with Gasteiger partial charge in [0.05, 0.1) is 23.9 Å². The second-order valence-corrected chi connectivity index (χ2v) is 15.1. The van der Waals surface area contributed by atoms with Gasteiger partial charge in [-0.1, -0.05) is 30.8 Å². The van der Waals surface area contributed by atoms with Gasteiger partial charge in [-0.25, -0.2) is 4.98 Å². The van der Waals surface area contributed by atoms with Crippen molar-refractivity contribution >= 4 is 51.0 Å². The van der Waals surface area contributed by atoms with Gasteiger partial charge in [-0.3, -0.25) is 34.2 Å². The Hall–Kier alpha value is -6.60. The number of piperidine rings is 1. The molecule has 7 heterocycles. The number of imide groups is 1. The van der Waals surface area contributed by atoms with Crippen LogP contribution in [0.2, 0.25) is 0 Å². The molecule has 9 rings (SSSR count). The molecule has 58 heavy (non-hydrogen) atoms. The highest BCUT2D eigenvalue weighted by molar-refractivity contribution is 6.25. The lowest BCUT2D eigenvalue weighted by Crippen LogP contribution is -2.51. The number of fused-ring (bicyclic) bond motifs is 4. The lowest BCUT2D eigenvalue weighted by atomic mass is 10.0. The molecule has 2 saturated heterocycles. The minimum Gasteiger partial charge on any atom is -0.492 e. The Balaban J connectivity index is 0.686. The number of ether oxygens (including phenoxy) is 1. The predicted octanol–water partition coefficient (Wildman–Crippen LogP) is 6.20. The van der Waals surface area contributed by atoms with Gasteiger partial charge < -0.3 is 25.3 Å². The first-order valence-electron chi connectivity index (χ1n) is 20.0. The Bertz CT molecular complexity index is 2510. The van der Waals surface area contributed by atoms with Gasteiger partial charge in [0.15, 0.2) is 0 Å². The second-order valence-electron chi connectivity index (χ2n) is 15.1. The van der Waals surface area contributed by atoms with Crippen molar-refractivity contribution in [3.8, 4) is 16.9 Å². The van der Waals surface area contributed by atoms with Crippen LogP contribution in [0.4, 0.5) is 11.5 Å². The van der Waals surface area contributed by atoms with Crippen LogP contribution in [0, 0.1) is 0 Å². The van der Waals surface area contributed by atoms with E-state index in [1.54, 1.807) is 24.4 Å². The van der Waals surface area contributed by atoms with Crippen LogP contribution in [0.15, 0.2) is 104 Å². The molecular weight excluding hydrogens is 731 g/mol. The molecule has 0 saturated carbocycles. The highest BCUT2D eigenvalue weighted by Crippen LogP contribution is 2.33. The quantitative estimate of drug-likeness (QED) is 0.0916. The zero-order valence-corrected chi connectivity index (χ0v) is 32.2. The number of hydrogen-bond acceptors (Lipinski definition) is 10. The molecule has 0 bridgehead atoms. The largest absolute Gasteiger partial charge is 0.492 e. The molecule has 0 aliphatic carbocycles. The van der Waals surface area contributed by atoms with E-state index in [1.165, 1.54) is 5.39 Å². The van der Waals surface area contributed by atoms with Gasteiger partial charge >= 0.3 is 0 Å². The number of H-pyrrole nitrogens is 1. The number of nitrogens with zero attached hydrogens (tertiary/aromatic N) is 6. The Morgan fingerprint density at radius 2 is 1.72 bits per heavy atom. The summed E-state index contributed by atoms with van der Waals surface area (Å²) >= 11 is 0. The molecule has 4 aromatic heterocycles. The van der Waals surface area contributed by atoms with Gasteiger partial charge in [0.1, 0.15) is 17.6 Å². The van der Waals surface area contributed by atoms with E-state index >= 15 is 0 Å². The number of aromatic nitrogens is 4. The first-order chi connectivity index (χ1) is 28.4. The summed E-state index contributed by atoms with van der Waals surface area (Å²) in [5, 5.41) is 8.28. The van der Waals surface area contributed by atoms with Crippen molar-refractivity contribution in [2.24, 2.45) is 0 Å². The Morgan fingerprint density at radius 1 is 0.845 bits per heavy atom. The van der Waals surface area contributed by atoms with Crippen molar-refractivity contribution in [3.05, 3.63) is 121 Å². The number of anilines is 2. The standard InChI is InChI=1S/C45H45N9O4/c1-29-8-14-40(43(55)50-29)54-44(56)35-6-2-7-38(42(35)45(54)57)47-17-4-24-58-33-12-15-41(49-27-33)53-22-20-52(21-23-53)19-3-5-32-11-9-31(26-48-32)30-10-13-34-36-28-46-18-16-37(36)51-39(34)25-30/h2,6-7,9-13,15-16,18,25-28,40,47,51H,1,3-5,8,14,17,19-24H2,(H,50,55). The van der Waals surface area contributed by atoms with Crippen molar-refractivity contribution < 1.29 is 19.1 Å². The van der Waals surface area contributed by atoms with Gasteiger partial charge in [0.25, 0.3) is 11.8 Å². The number of amides is 3. The molecule has 294 valence electrons. The van der Waals surface area contributed by atoms with Crippen LogP contribution >= 0.6 is 0 Å². The molecule has 0 radical (unpaired) electrons. The number of benzene rings is 2. The van der Waals surface area contributed by atoms with Crippen LogP contribution in [-0.2, 0) is 11.2 Å². The van der Waals surface area contributed by atoms with E-state index in [0.29, 0.717) is 60.7 Å². The third-order valence-corrected chi connectivity index (χ3v) is 11.4. The lowest BCUT2D eigenvalue weighted by Gasteiger charge is -2.35. The summed E-state index contributed by atoms with van der Waals surface area (Å²) in [6, 6.07) is 21.1. The Labute approximate surface area is 336 Å². The average Bonchev–Trinajstić information content (AvgIpc) is 3.75. The molecular formula is C45H45N9O4. The van der Waals surface area contributed by atoms with Crippen molar-refractivity contribution in [2.45, 2.75) is 38.1 Å². The molecule has 3 N–H and O–H groups in total. The van der Waals surface area contributed by atoms with Gasteiger partial charge in [0, 0.05) is 95.8 Å². The zero-order chi connectivity index (χ0) is 39.6. The number of carbonyl (C=O) groups excluding carboxylic acids is 3. The van der Waals surface area contributed by atoms with E-state index in [-0.39, 0.29) is 5.91 Å².